The molecule has 29 heavy (non-hydrogen) atoms. The van der Waals surface area contributed by atoms with Gasteiger partial charge in [0.15, 0.2) is 11.5 Å². The summed E-state index contributed by atoms with van der Waals surface area (Å²) < 4.78 is 30.4. The Morgan fingerprint density at radius 3 is 2.21 bits per heavy atom. The van der Waals surface area contributed by atoms with Gasteiger partial charge < -0.3 is 19.5 Å². The highest BCUT2D eigenvalue weighted by atomic mass is 19.1. The second-order valence-corrected chi connectivity index (χ2v) is 6.40. The van der Waals surface area contributed by atoms with E-state index in [1.807, 2.05) is 30.3 Å². The fourth-order valence-corrected chi connectivity index (χ4v) is 2.76. The molecule has 3 aromatic carbocycles. The summed E-state index contributed by atoms with van der Waals surface area (Å²) in [6.07, 6.45) is 0. The number of nitrogens with one attached hydrogen (secondary N) is 1. The minimum absolute atomic E-state index is 0.298. The number of amides is 1. The van der Waals surface area contributed by atoms with Gasteiger partial charge >= 0.3 is 0 Å². The van der Waals surface area contributed by atoms with Crippen molar-refractivity contribution in [3.05, 3.63) is 83.2 Å². The average Bonchev–Trinajstić information content (AvgIpc) is 2.74. The summed E-state index contributed by atoms with van der Waals surface area (Å²) in [7, 11) is 2.97. The van der Waals surface area contributed by atoms with Crippen LogP contribution in [0.3, 0.4) is 0 Å². The van der Waals surface area contributed by atoms with Gasteiger partial charge in [-0.2, -0.15) is 0 Å². The van der Waals surface area contributed by atoms with E-state index in [0.717, 1.165) is 5.56 Å². The van der Waals surface area contributed by atoms with Crippen molar-refractivity contribution in [2.45, 2.75) is 13.5 Å². The number of ether oxygens (including phenoxy) is 3. The molecular formula is C23H22FNO4. The van der Waals surface area contributed by atoms with Crippen molar-refractivity contribution in [3.63, 3.8) is 0 Å². The lowest BCUT2D eigenvalue weighted by Gasteiger charge is -2.16. The molecule has 0 saturated heterocycles. The van der Waals surface area contributed by atoms with E-state index in [9.17, 15) is 9.18 Å². The fraction of sp³-hybridized carbons (Fsp3) is 0.174. The molecule has 0 bridgehead atoms. The number of hydrogen-bond acceptors (Lipinski definition) is 4. The molecule has 0 aromatic heterocycles. The molecule has 0 aliphatic heterocycles. The molecule has 1 N–H and O–H groups in total. The van der Waals surface area contributed by atoms with E-state index < -0.39 is 5.91 Å². The van der Waals surface area contributed by atoms with E-state index in [1.165, 1.54) is 20.3 Å². The zero-order valence-corrected chi connectivity index (χ0v) is 16.5. The number of aryl methyl sites for hydroxylation is 1. The lowest BCUT2D eigenvalue weighted by atomic mass is 10.1. The highest BCUT2D eigenvalue weighted by Gasteiger charge is 2.18. The molecule has 1 amide bonds. The van der Waals surface area contributed by atoms with Crippen LogP contribution < -0.4 is 19.5 Å². The lowest BCUT2D eigenvalue weighted by Crippen LogP contribution is -2.13. The first-order valence-corrected chi connectivity index (χ1v) is 9.02. The van der Waals surface area contributed by atoms with Gasteiger partial charge in [-0.1, -0.05) is 36.4 Å². The molecule has 0 fully saturated rings. The number of carbonyl (C=O) groups is 1. The van der Waals surface area contributed by atoms with Crippen LogP contribution in [0, 0.1) is 12.7 Å². The molecule has 0 atom stereocenters. The Balaban J connectivity index is 1.84. The van der Waals surface area contributed by atoms with Gasteiger partial charge in [0.25, 0.3) is 5.91 Å². The first-order valence-electron chi connectivity index (χ1n) is 9.02. The highest BCUT2D eigenvalue weighted by molar-refractivity contribution is 6.05. The van der Waals surface area contributed by atoms with Crippen molar-refractivity contribution in [2.24, 2.45) is 0 Å². The zero-order chi connectivity index (χ0) is 20.8. The monoisotopic (exact) mass is 395 g/mol. The van der Waals surface area contributed by atoms with Gasteiger partial charge in [0.2, 0.25) is 5.75 Å². The molecule has 0 aliphatic carbocycles. The summed E-state index contributed by atoms with van der Waals surface area (Å²) in [4.78, 5) is 12.7. The van der Waals surface area contributed by atoms with Crippen LogP contribution in [0.15, 0.2) is 60.7 Å². The number of carbonyl (C=O) groups excluding carboxylic acids is 1. The molecule has 0 radical (unpaired) electrons. The van der Waals surface area contributed by atoms with E-state index in [4.69, 9.17) is 14.2 Å². The normalized spacial score (nSPS) is 10.3. The van der Waals surface area contributed by atoms with Gasteiger partial charge in [-0.3, -0.25) is 4.79 Å². The van der Waals surface area contributed by atoms with E-state index in [2.05, 4.69) is 5.32 Å². The van der Waals surface area contributed by atoms with Crippen molar-refractivity contribution < 1.29 is 23.4 Å². The summed E-state index contributed by atoms with van der Waals surface area (Å²) in [5.41, 5.74) is 2.15. The molecule has 150 valence electrons. The maximum absolute atomic E-state index is 13.7. The summed E-state index contributed by atoms with van der Waals surface area (Å²) in [6, 6.07) is 17.3. The Kier molecular flexibility index (Phi) is 6.34. The van der Waals surface area contributed by atoms with Crippen molar-refractivity contribution in [3.8, 4) is 17.2 Å². The largest absolute Gasteiger partial charge is 0.493 e. The molecule has 3 rings (SSSR count). The van der Waals surface area contributed by atoms with Crippen LogP contribution in [0.4, 0.5) is 10.1 Å². The molecular weight excluding hydrogens is 373 g/mol. The topological polar surface area (TPSA) is 56.8 Å². The lowest BCUT2D eigenvalue weighted by molar-refractivity contribution is 0.102. The molecule has 0 saturated carbocycles. The van der Waals surface area contributed by atoms with Gasteiger partial charge in [0.1, 0.15) is 12.4 Å². The Morgan fingerprint density at radius 1 is 0.966 bits per heavy atom. The summed E-state index contributed by atoms with van der Waals surface area (Å²) in [6.45, 7) is 1.98. The van der Waals surface area contributed by atoms with Crippen LogP contribution >= 0.6 is 0 Å². The van der Waals surface area contributed by atoms with Gasteiger partial charge in [-0.05, 0) is 42.3 Å². The van der Waals surface area contributed by atoms with Crippen molar-refractivity contribution in [1.29, 1.82) is 0 Å². The molecule has 6 heteroatoms. The number of rotatable bonds is 7. The number of methoxy groups -OCH3 is 2. The SMILES string of the molecule is COc1cc(C(=O)Nc2ccc(C)c(F)c2)cc(OC)c1OCc1ccccc1. The molecule has 0 aliphatic rings. The van der Waals surface area contributed by atoms with E-state index in [1.54, 1.807) is 31.2 Å². The predicted octanol–water partition coefficient (Wildman–Crippen LogP) is 4.98. The van der Waals surface area contributed by atoms with Crippen LogP contribution in [0.2, 0.25) is 0 Å². The Bertz CT molecular complexity index is 980. The first kappa shape index (κ1) is 20.2. The maximum Gasteiger partial charge on any atom is 0.255 e. The van der Waals surface area contributed by atoms with Crippen molar-refractivity contribution in [1.82, 2.24) is 0 Å². The van der Waals surface area contributed by atoms with Crippen molar-refractivity contribution in [2.75, 3.05) is 19.5 Å². The van der Waals surface area contributed by atoms with Crippen molar-refractivity contribution >= 4 is 11.6 Å². The second-order valence-electron chi connectivity index (χ2n) is 6.40. The minimum Gasteiger partial charge on any atom is -0.493 e. The van der Waals surface area contributed by atoms with Crippen LogP contribution in [-0.2, 0) is 6.61 Å². The van der Waals surface area contributed by atoms with Gasteiger partial charge in [-0.25, -0.2) is 4.39 Å². The summed E-state index contributed by atoms with van der Waals surface area (Å²) >= 11 is 0. The molecule has 0 unspecified atom stereocenters. The second kappa shape index (κ2) is 9.10. The van der Waals surface area contributed by atoms with Crippen LogP contribution in [0.5, 0.6) is 17.2 Å². The molecule has 5 nitrogen and oxygen atoms in total. The van der Waals surface area contributed by atoms with Crippen LogP contribution in [-0.4, -0.2) is 20.1 Å². The van der Waals surface area contributed by atoms with E-state index >= 15 is 0 Å². The van der Waals surface area contributed by atoms with Gasteiger partial charge in [0.05, 0.1) is 14.2 Å². The Morgan fingerprint density at radius 2 is 1.62 bits per heavy atom. The van der Waals surface area contributed by atoms with Crippen LogP contribution in [0.25, 0.3) is 0 Å². The van der Waals surface area contributed by atoms with E-state index in [-0.39, 0.29) is 5.82 Å². The standard InChI is InChI=1S/C23H22FNO4/c1-15-9-10-18(13-19(15)24)25-23(26)17-11-20(27-2)22(21(12-17)28-3)29-14-16-7-5-4-6-8-16/h4-13H,14H2,1-3H3,(H,25,26). The first-order chi connectivity index (χ1) is 14.0. The van der Waals surface area contributed by atoms with Gasteiger partial charge in [0, 0.05) is 11.3 Å². The average molecular weight is 395 g/mol. The molecule has 0 spiro atoms. The fourth-order valence-electron chi connectivity index (χ4n) is 2.76. The maximum atomic E-state index is 13.7. The third kappa shape index (κ3) is 4.85. The zero-order valence-electron chi connectivity index (χ0n) is 16.5. The summed E-state index contributed by atoms with van der Waals surface area (Å²) in [5, 5.41) is 2.68. The van der Waals surface area contributed by atoms with Gasteiger partial charge in [-0.15, -0.1) is 0 Å². The minimum atomic E-state index is -0.417. The third-order valence-electron chi connectivity index (χ3n) is 4.38. The number of halogens is 1. The smallest absolute Gasteiger partial charge is 0.255 e. The highest BCUT2D eigenvalue weighted by Crippen LogP contribution is 2.39. The molecule has 3 aromatic rings. The Labute approximate surface area is 169 Å². The summed E-state index contributed by atoms with van der Waals surface area (Å²) in [5.74, 6) is 0.319. The van der Waals surface area contributed by atoms with E-state index in [0.29, 0.717) is 40.7 Å². The van der Waals surface area contributed by atoms with Crippen LogP contribution in [0.1, 0.15) is 21.5 Å². The third-order valence-corrected chi connectivity index (χ3v) is 4.38. The quantitative estimate of drug-likeness (QED) is 0.613. The number of hydrogen-bond donors (Lipinski definition) is 1. The Hall–Kier alpha value is -3.54. The number of anilines is 1. The number of benzene rings is 3. The predicted molar refractivity (Wildman–Crippen MR) is 109 cm³/mol. The molecule has 0 heterocycles.